The van der Waals surface area contributed by atoms with Crippen LogP contribution in [0.4, 0.5) is 5.69 Å². The van der Waals surface area contributed by atoms with Gasteiger partial charge in [-0.05, 0) is 17.7 Å². The van der Waals surface area contributed by atoms with Crippen LogP contribution in [0.25, 0.3) is 0 Å². The molecule has 0 fully saturated rings. The van der Waals surface area contributed by atoms with E-state index in [0.717, 1.165) is 7.11 Å². The third-order valence-electron chi connectivity index (χ3n) is 2.26. The average Bonchev–Trinajstić information content (AvgIpc) is 2.36. The smallest absolute Gasteiger partial charge is 0.325 e. The number of aliphatic hydroxyl groups excluding tert-OH is 1. The first kappa shape index (κ1) is 13.1. The lowest BCUT2D eigenvalue weighted by atomic mass is 10.0. The van der Waals surface area contributed by atoms with Crippen LogP contribution in [0.1, 0.15) is 11.7 Å². The lowest BCUT2D eigenvalue weighted by Gasteiger charge is -2.16. The van der Waals surface area contributed by atoms with Crippen molar-refractivity contribution in [3.63, 3.8) is 0 Å². The number of rotatable bonds is 4. The van der Waals surface area contributed by atoms with Crippen LogP contribution in [0.15, 0.2) is 24.3 Å². The quantitative estimate of drug-likeness (QED) is 0.439. The Morgan fingerprint density at radius 2 is 2.00 bits per heavy atom. The summed E-state index contributed by atoms with van der Waals surface area (Å²) in [5, 5.41) is 20.1. The SMILES string of the molecule is COC(=O)C(N)C(O)c1ccc([N+](=O)[O-])cc1. The van der Waals surface area contributed by atoms with E-state index in [1.807, 2.05) is 0 Å². The van der Waals surface area contributed by atoms with Gasteiger partial charge >= 0.3 is 5.97 Å². The van der Waals surface area contributed by atoms with Gasteiger partial charge < -0.3 is 15.6 Å². The lowest BCUT2D eigenvalue weighted by Crippen LogP contribution is -2.37. The number of carbonyl (C=O) groups is 1. The summed E-state index contributed by atoms with van der Waals surface area (Å²) in [4.78, 5) is 20.9. The number of carbonyl (C=O) groups excluding carboxylic acids is 1. The minimum atomic E-state index is -1.26. The van der Waals surface area contributed by atoms with E-state index in [0.29, 0.717) is 5.56 Å². The van der Waals surface area contributed by atoms with Crippen LogP contribution in [0.2, 0.25) is 0 Å². The highest BCUT2D eigenvalue weighted by atomic mass is 16.6. The monoisotopic (exact) mass is 240 g/mol. The van der Waals surface area contributed by atoms with E-state index in [2.05, 4.69) is 4.74 Å². The largest absolute Gasteiger partial charge is 0.468 e. The predicted molar refractivity (Wildman–Crippen MR) is 58.0 cm³/mol. The molecule has 7 heteroatoms. The second kappa shape index (κ2) is 5.37. The van der Waals surface area contributed by atoms with Gasteiger partial charge in [0.15, 0.2) is 0 Å². The Morgan fingerprint density at radius 1 is 1.47 bits per heavy atom. The summed E-state index contributed by atoms with van der Waals surface area (Å²) in [6.07, 6.45) is -1.26. The first-order chi connectivity index (χ1) is 7.97. The molecule has 7 nitrogen and oxygen atoms in total. The molecule has 0 spiro atoms. The summed E-state index contributed by atoms with van der Waals surface area (Å²) in [7, 11) is 1.16. The van der Waals surface area contributed by atoms with E-state index >= 15 is 0 Å². The van der Waals surface area contributed by atoms with Crippen LogP contribution in [0, 0.1) is 10.1 Å². The zero-order valence-electron chi connectivity index (χ0n) is 9.07. The van der Waals surface area contributed by atoms with Gasteiger partial charge in [0.25, 0.3) is 5.69 Å². The minimum Gasteiger partial charge on any atom is -0.468 e. The zero-order chi connectivity index (χ0) is 13.0. The summed E-state index contributed by atoms with van der Waals surface area (Å²) in [5.41, 5.74) is 5.65. The second-order valence-electron chi connectivity index (χ2n) is 3.34. The molecule has 0 aromatic heterocycles. The van der Waals surface area contributed by atoms with Crippen molar-refractivity contribution in [3.8, 4) is 0 Å². The van der Waals surface area contributed by atoms with Gasteiger partial charge in [0.1, 0.15) is 12.1 Å². The van der Waals surface area contributed by atoms with E-state index in [1.165, 1.54) is 24.3 Å². The summed E-state index contributed by atoms with van der Waals surface area (Å²) >= 11 is 0. The zero-order valence-corrected chi connectivity index (χ0v) is 9.07. The number of nitrogens with two attached hydrogens (primary N) is 1. The maximum Gasteiger partial charge on any atom is 0.325 e. The van der Waals surface area contributed by atoms with Crippen molar-refractivity contribution in [2.24, 2.45) is 5.73 Å². The molecule has 0 aliphatic heterocycles. The molecule has 2 unspecified atom stereocenters. The molecule has 0 bridgehead atoms. The number of methoxy groups -OCH3 is 1. The number of hydrogen-bond acceptors (Lipinski definition) is 6. The number of hydrogen-bond donors (Lipinski definition) is 2. The Morgan fingerprint density at radius 3 is 2.41 bits per heavy atom. The molecule has 1 aromatic rings. The number of nitro groups is 1. The molecule has 0 saturated heterocycles. The maximum atomic E-state index is 11.1. The van der Waals surface area contributed by atoms with E-state index in [1.54, 1.807) is 0 Å². The molecule has 0 radical (unpaired) electrons. The Kier molecular flexibility index (Phi) is 4.13. The van der Waals surface area contributed by atoms with Gasteiger partial charge in [0.05, 0.1) is 12.0 Å². The fourth-order valence-corrected chi connectivity index (χ4v) is 1.27. The first-order valence-corrected chi connectivity index (χ1v) is 4.73. The highest BCUT2D eigenvalue weighted by Gasteiger charge is 2.25. The van der Waals surface area contributed by atoms with Crippen molar-refractivity contribution < 1.29 is 19.6 Å². The third kappa shape index (κ3) is 2.99. The lowest BCUT2D eigenvalue weighted by molar-refractivity contribution is -0.384. The molecule has 0 heterocycles. The van der Waals surface area contributed by atoms with Gasteiger partial charge in [-0.25, -0.2) is 0 Å². The molecule has 0 saturated carbocycles. The van der Waals surface area contributed by atoms with Crippen LogP contribution in [-0.4, -0.2) is 29.2 Å². The van der Waals surface area contributed by atoms with Crippen molar-refractivity contribution in [1.82, 2.24) is 0 Å². The van der Waals surface area contributed by atoms with Gasteiger partial charge in [-0.1, -0.05) is 0 Å². The highest BCUT2D eigenvalue weighted by Crippen LogP contribution is 2.19. The number of aliphatic hydroxyl groups is 1. The molecule has 0 aliphatic rings. The summed E-state index contributed by atoms with van der Waals surface area (Å²) < 4.78 is 4.38. The standard InChI is InChI=1S/C10H12N2O5/c1-17-10(14)8(11)9(13)6-2-4-7(5-3-6)12(15)16/h2-5,8-9,13H,11H2,1H3. The minimum absolute atomic E-state index is 0.104. The normalized spacial score (nSPS) is 13.8. The van der Waals surface area contributed by atoms with Crippen molar-refractivity contribution in [1.29, 1.82) is 0 Å². The summed E-state index contributed by atoms with van der Waals surface area (Å²) in [5.74, 6) is -0.754. The van der Waals surface area contributed by atoms with Crippen LogP contribution >= 0.6 is 0 Å². The number of ether oxygens (including phenoxy) is 1. The number of nitro benzene ring substituents is 1. The molecule has 2 atom stereocenters. The molecule has 3 N–H and O–H groups in total. The highest BCUT2D eigenvalue weighted by molar-refractivity contribution is 5.76. The maximum absolute atomic E-state index is 11.1. The van der Waals surface area contributed by atoms with E-state index in [9.17, 15) is 20.0 Å². The average molecular weight is 240 g/mol. The van der Waals surface area contributed by atoms with Crippen LogP contribution in [-0.2, 0) is 9.53 Å². The summed E-state index contributed by atoms with van der Waals surface area (Å²) in [6, 6.07) is 3.91. The summed E-state index contributed by atoms with van der Waals surface area (Å²) in [6.45, 7) is 0. The van der Waals surface area contributed by atoms with Gasteiger partial charge in [-0.2, -0.15) is 0 Å². The van der Waals surface area contributed by atoms with Crippen molar-refractivity contribution in [2.75, 3.05) is 7.11 Å². The number of nitrogens with zero attached hydrogens (tertiary/aromatic N) is 1. The molecule has 0 aliphatic carbocycles. The van der Waals surface area contributed by atoms with E-state index < -0.39 is 23.0 Å². The van der Waals surface area contributed by atoms with Crippen LogP contribution in [0.5, 0.6) is 0 Å². The molecule has 1 rings (SSSR count). The molecule has 17 heavy (non-hydrogen) atoms. The Balaban J connectivity index is 2.86. The van der Waals surface area contributed by atoms with Crippen molar-refractivity contribution in [3.05, 3.63) is 39.9 Å². The van der Waals surface area contributed by atoms with Gasteiger partial charge in [-0.15, -0.1) is 0 Å². The van der Waals surface area contributed by atoms with Crippen molar-refractivity contribution in [2.45, 2.75) is 12.1 Å². The van der Waals surface area contributed by atoms with Crippen LogP contribution < -0.4 is 5.73 Å². The topological polar surface area (TPSA) is 116 Å². The van der Waals surface area contributed by atoms with E-state index in [4.69, 9.17) is 5.73 Å². The predicted octanol–water partition coefficient (Wildman–Crippen LogP) is 0.128. The molecular weight excluding hydrogens is 228 g/mol. The molecular formula is C10H12N2O5. The van der Waals surface area contributed by atoms with Crippen LogP contribution in [0.3, 0.4) is 0 Å². The van der Waals surface area contributed by atoms with Crippen molar-refractivity contribution >= 4 is 11.7 Å². The Hall–Kier alpha value is -1.99. The third-order valence-corrected chi connectivity index (χ3v) is 2.26. The number of benzene rings is 1. The van der Waals surface area contributed by atoms with Gasteiger partial charge in [-0.3, -0.25) is 14.9 Å². The molecule has 0 amide bonds. The number of non-ortho nitro benzene ring substituents is 1. The first-order valence-electron chi connectivity index (χ1n) is 4.73. The fraction of sp³-hybridized carbons (Fsp3) is 0.300. The second-order valence-corrected chi connectivity index (χ2v) is 3.34. The fourth-order valence-electron chi connectivity index (χ4n) is 1.27. The Labute approximate surface area is 97.0 Å². The van der Waals surface area contributed by atoms with Gasteiger partial charge in [0, 0.05) is 12.1 Å². The number of esters is 1. The van der Waals surface area contributed by atoms with E-state index in [-0.39, 0.29) is 5.69 Å². The van der Waals surface area contributed by atoms with Gasteiger partial charge in [0.2, 0.25) is 0 Å². The Bertz CT molecular complexity index is 417. The molecule has 1 aromatic carbocycles. The molecule has 92 valence electrons.